The third kappa shape index (κ3) is 4.85. The number of hydrogen-bond acceptors (Lipinski definition) is 5. The Morgan fingerprint density at radius 1 is 1.14 bits per heavy atom. The molecule has 192 valence electrons. The molecule has 1 aliphatic rings. The molecule has 0 bridgehead atoms. The number of carbonyl (C=O) groups excluding carboxylic acids is 1. The molecule has 0 radical (unpaired) electrons. The van der Waals surface area contributed by atoms with Crippen molar-refractivity contribution in [1.29, 1.82) is 0 Å². The van der Waals surface area contributed by atoms with Crippen molar-refractivity contribution in [3.63, 3.8) is 0 Å². The van der Waals surface area contributed by atoms with Crippen LogP contribution < -0.4 is 5.73 Å². The summed E-state index contributed by atoms with van der Waals surface area (Å²) in [6.45, 7) is -0.641. The third-order valence-corrected chi connectivity index (χ3v) is 5.95. The van der Waals surface area contributed by atoms with Gasteiger partial charge in [0, 0.05) is 43.0 Å². The molecule has 5 rings (SSSR count). The molecule has 1 saturated heterocycles. The normalized spacial score (nSPS) is 16.8. The number of halogens is 6. The Balaban J connectivity index is 0.00000304. The maximum atomic E-state index is 14.1. The summed E-state index contributed by atoms with van der Waals surface area (Å²) < 4.78 is 69.8. The maximum absolute atomic E-state index is 14.1. The third-order valence-electron chi connectivity index (χ3n) is 5.95. The van der Waals surface area contributed by atoms with E-state index in [1.165, 1.54) is 18.5 Å². The number of hydrogen-bond donors (Lipinski definition) is 1. The van der Waals surface area contributed by atoms with Crippen molar-refractivity contribution in [1.82, 2.24) is 29.0 Å². The smallest absolute Gasteiger partial charge is 0.336 e. The van der Waals surface area contributed by atoms with Crippen LogP contribution >= 0.6 is 12.4 Å². The maximum Gasteiger partial charge on any atom is 0.408 e. The summed E-state index contributed by atoms with van der Waals surface area (Å²) in [5.74, 6) is -2.27. The number of amides is 1. The molecular weight excluding hydrogens is 509 g/mol. The van der Waals surface area contributed by atoms with Gasteiger partial charge in [0.1, 0.15) is 23.7 Å². The van der Waals surface area contributed by atoms with Gasteiger partial charge in [-0.05, 0) is 18.9 Å². The van der Waals surface area contributed by atoms with E-state index in [1.54, 1.807) is 4.90 Å². The zero-order chi connectivity index (χ0) is 24.9. The standard InChI is InChI=1S/C22H20F5N7O.ClH/c23-12-5-15(24)20-30-8-18(33(20)9-12)19-14-7-29-16(6-17(14)34(31-19)11-22(25,26)27)21(35)32-4-2-1-3-13(28)10-32;/h5-9,13H,1-4,10-11,28H2;1H. The molecule has 8 nitrogen and oxygen atoms in total. The summed E-state index contributed by atoms with van der Waals surface area (Å²) in [4.78, 5) is 22.7. The first-order valence-electron chi connectivity index (χ1n) is 10.9. The van der Waals surface area contributed by atoms with Crippen LogP contribution in [0.5, 0.6) is 0 Å². The van der Waals surface area contributed by atoms with E-state index in [0.29, 0.717) is 23.8 Å². The van der Waals surface area contributed by atoms with E-state index in [4.69, 9.17) is 5.73 Å². The molecular formula is C22H21ClF5N7O. The molecule has 0 spiro atoms. The van der Waals surface area contributed by atoms with Crippen molar-refractivity contribution in [3.8, 4) is 11.4 Å². The Morgan fingerprint density at radius 3 is 2.67 bits per heavy atom. The van der Waals surface area contributed by atoms with Gasteiger partial charge in [-0.3, -0.25) is 18.9 Å². The minimum absolute atomic E-state index is 0. The van der Waals surface area contributed by atoms with Crippen LogP contribution in [0.3, 0.4) is 0 Å². The fourth-order valence-corrected chi connectivity index (χ4v) is 4.38. The Hall–Kier alpha value is -3.32. The molecule has 0 saturated carbocycles. The summed E-state index contributed by atoms with van der Waals surface area (Å²) in [5.41, 5.74) is 5.84. The number of rotatable bonds is 3. The quantitative estimate of drug-likeness (QED) is 0.405. The molecule has 4 aromatic heterocycles. The summed E-state index contributed by atoms with van der Waals surface area (Å²) in [5, 5.41) is 4.24. The fraction of sp³-hybridized carbons (Fsp3) is 0.364. The lowest BCUT2D eigenvalue weighted by atomic mass is 10.1. The average molecular weight is 530 g/mol. The van der Waals surface area contributed by atoms with Crippen molar-refractivity contribution in [2.24, 2.45) is 5.73 Å². The summed E-state index contributed by atoms with van der Waals surface area (Å²) in [7, 11) is 0. The fourth-order valence-electron chi connectivity index (χ4n) is 4.38. The number of pyridine rings is 2. The molecule has 2 N–H and O–H groups in total. The zero-order valence-electron chi connectivity index (χ0n) is 18.7. The molecule has 1 fully saturated rings. The van der Waals surface area contributed by atoms with E-state index in [1.807, 2.05) is 0 Å². The highest BCUT2D eigenvalue weighted by Crippen LogP contribution is 2.31. The minimum Gasteiger partial charge on any atom is -0.336 e. The van der Waals surface area contributed by atoms with Gasteiger partial charge in [-0.1, -0.05) is 6.42 Å². The van der Waals surface area contributed by atoms with Crippen LogP contribution in [0, 0.1) is 11.6 Å². The summed E-state index contributed by atoms with van der Waals surface area (Å²) >= 11 is 0. The number of imidazole rings is 1. The lowest BCUT2D eigenvalue weighted by Crippen LogP contribution is -2.40. The molecule has 0 aliphatic carbocycles. The minimum atomic E-state index is -4.61. The number of likely N-dealkylation sites (tertiary alicyclic amines) is 1. The SMILES string of the molecule is Cl.NC1CCCCN(C(=O)c2cc3c(cn2)c(-c2cnc4c(F)cc(F)cn24)nn3CC(F)(F)F)C1. The molecule has 1 amide bonds. The summed E-state index contributed by atoms with van der Waals surface area (Å²) in [6, 6.07) is 1.71. The molecule has 4 aromatic rings. The van der Waals surface area contributed by atoms with Crippen LogP contribution in [-0.2, 0) is 6.54 Å². The van der Waals surface area contributed by atoms with Crippen molar-refractivity contribution >= 4 is 34.9 Å². The van der Waals surface area contributed by atoms with Crippen LogP contribution in [0.15, 0.2) is 30.7 Å². The molecule has 1 atom stereocenters. The van der Waals surface area contributed by atoms with Gasteiger partial charge in [-0.25, -0.2) is 13.8 Å². The van der Waals surface area contributed by atoms with E-state index in [-0.39, 0.29) is 52.1 Å². The molecule has 1 aliphatic heterocycles. The van der Waals surface area contributed by atoms with Gasteiger partial charge in [-0.2, -0.15) is 18.3 Å². The second-order valence-electron chi connectivity index (χ2n) is 8.56. The topological polar surface area (TPSA) is 94.3 Å². The lowest BCUT2D eigenvalue weighted by molar-refractivity contribution is -0.141. The highest BCUT2D eigenvalue weighted by Gasteiger charge is 2.31. The van der Waals surface area contributed by atoms with Gasteiger partial charge in [0.2, 0.25) is 0 Å². The Kier molecular flexibility index (Phi) is 6.88. The van der Waals surface area contributed by atoms with Gasteiger partial charge in [-0.15, -0.1) is 12.4 Å². The number of nitrogens with zero attached hydrogens (tertiary/aromatic N) is 6. The number of alkyl halides is 3. The van der Waals surface area contributed by atoms with Crippen molar-refractivity contribution in [2.75, 3.05) is 13.1 Å². The monoisotopic (exact) mass is 529 g/mol. The number of carbonyl (C=O) groups is 1. The van der Waals surface area contributed by atoms with Gasteiger partial charge in [0.05, 0.1) is 17.4 Å². The van der Waals surface area contributed by atoms with Gasteiger partial charge in [0.15, 0.2) is 11.5 Å². The molecule has 14 heteroatoms. The Bertz CT molecular complexity index is 1430. The Morgan fingerprint density at radius 2 is 1.92 bits per heavy atom. The average Bonchev–Trinajstić information content (AvgIpc) is 3.27. The highest BCUT2D eigenvalue weighted by molar-refractivity contribution is 5.99. The van der Waals surface area contributed by atoms with Crippen LogP contribution in [0.2, 0.25) is 0 Å². The van der Waals surface area contributed by atoms with E-state index in [0.717, 1.165) is 29.9 Å². The second-order valence-corrected chi connectivity index (χ2v) is 8.56. The summed E-state index contributed by atoms with van der Waals surface area (Å²) in [6.07, 6.45) is 1.19. The van der Waals surface area contributed by atoms with Crippen LogP contribution in [0.25, 0.3) is 27.9 Å². The Labute approximate surface area is 207 Å². The van der Waals surface area contributed by atoms with E-state index in [9.17, 15) is 26.7 Å². The predicted octanol–water partition coefficient (Wildman–Crippen LogP) is 3.96. The van der Waals surface area contributed by atoms with E-state index >= 15 is 0 Å². The largest absolute Gasteiger partial charge is 0.408 e. The first kappa shape index (κ1) is 25.8. The predicted molar refractivity (Wildman–Crippen MR) is 123 cm³/mol. The first-order valence-corrected chi connectivity index (χ1v) is 10.9. The lowest BCUT2D eigenvalue weighted by Gasteiger charge is -2.22. The highest BCUT2D eigenvalue weighted by atomic mass is 35.5. The number of nitrogens with two attached hydrogens (primary N) is 1. The second kappa shape index (κ2) is 9.62. The number of aromatic nitrogens is 5. The van der Waals surface area contributed by atoms with Crippen molar-refractivity contribution in [3.05, 3.63) is 48.1 Å². The van der Waals surface area contributed by atoms with Crippen LogP contribution in [-0.4, -0.2) is 60.3 Å². The first-order chi connectivity index (χ1) is 16.6. The van der Waals surface area contributed by atoms with E-state index < -0.39 is 30.3 Å². The van der Waals surface area contributed by atoms with Gasteiger partial charge >= 0.3 is 6.18 Å². The molecule has 5 heterocycles. The van der Waals surface area contributed by atoms with Crippen LogP contribution in [0.1, 0.15) is 29.8 Å². The van der Waals surface area contributed by atoms with Gasteiger partial charge < -0.3 is 10.6 Å². The molecule has 0 aromatic carbocycles. The zero-order valence-corrected chi connectivity index (χ0v) is 19.5. The van der Waals surface area contributed by atoms with Gasteiger partial charge in [0.25, 0.3) is 5.91 Å². The van der Waals surface area contributed by atoms with Crippen molar-refractivity contribution in [2.45, 2.75) is 38.0 Å². The molecule has 36 heavy (non-hydrogen) atoms. The van der Waals surface area contributed by atoms with Crippen molar-refractivity contribution < 1.29 is 26.7 Å². The number of fused-ring (bicyclic) bond motifs is 2. The van der Waals surface area contributed by atoms with Crippen LogP contribution in [0.4, 0.5) is 22.0 Å². The molecule has 1 unspecified atom stereocenters. The van der Waals surface area contributed by atoms with E-state index in [2.05, 4.69) is 15.1 Å².